The van der Waals surface area contributed by atoms with Crippen molar-refractivity contribution in [3.05, 3.63) is 23.8 Å². The summed E-state index contributed by atoms with van der Waals surface area (Å²) in [5.74, 6) is 0. The van der Waals surface area contributed by atoms with E-state index >= 15 is 0 Å². The highest BCUT2D eigenvalue weighted by atomic mass is 32.1. The van der Waals surface area contributed by atoms with Crippen molar-refractivity contribution in [3.8, 4) is 0 Å². The molecule has 0 spiro atoms. The molecule has 5 nitrogen and oxygen atoms in total. The van der Waals surface area contributed by atoms with E-state index in [1.165, 1.54) is 17.3 Å². The predicted molar refractivity (Wildman–Crippen MR) is 85.6 cm³/mol. The van der Waals surface area contributed by atoms with Gasteiger partial charge in [0, 0.05) is 32.2 Å². The number of ether oxygens (including phenoxy) is 1. The quantitative estimate of drug-likeness (QED) is 0.843. The van der Waals surface area contributed by atoms with Crippen molar-refractivity contribution in [2.45, 2.75) is 19.5 Å². The Balaban J connectivity index is 1.56. The molecule has 3 rings (SSSR count). The summed E-state index contributed by atoms with van der Waals surface area (Å²) in [6, 6.07) is 6.92. The van der Waals surface area contributed by atoms with Gasteiger partial charge in [-0.25, -0.2) is 0 Å². The van der Waals surface area contributed by atoms with Gasteiger partial charge in [0.2, 0.25) is 0 Å². The predicted octanol–water partition coefficient (Wildman–Crippen LogP) is 1.84. The molecule has 114 valence electrons. The SMILES string of the molecule is CC(CN(C)Cc1ccc2nsnc2c1)N1CCOCC1. The number of benzene rings is 1. The molecule has 0 bridgehead atoms. The summed E-state index contributed by atoms with van der Waals surface area (Å²) >= 11 is 1.28. The van der Waals surface area contributed by atoms with Crippen molar-refractivity contribution in [3.63, 3.8) is 0 Å². The number of fused-ring (bicyclic) bond motifs is 1. The van der Waals surface area contributed by atoms with Crippen LogP contribution in [0.25, 0.3) is 11.0 Å². The molecule has 0 saturated carbocycles. The van der Waals surface area contributed by atoms with Gasteiger partial charge in [-0.1, -0.05) is 6.07 Å². The fraction of sp³-hybridized carbons (Fsp3) is 0.600. The molecule has 1 unspecified atom stereocenters. The van der Waals surface area contributed by atoms with Crippen molar-refractivity contribution in [1.29, 1.82) is 0 Å². The molecule has 1 saturated heterocycles. The van der Waals surface area contributed by atoms with Crippen LogP contribution in [-0.4, -0.2) is 64.5 Å². The van der Waals surface area contributed by atoms with Gasteiger partial charge < -0.3 is 9.64 Å². The Kier molecular flexibility index (Phi) is 4.80. The number of hydrogen-bond acceptors (Lipinski definition) is 6. The van der Waals surface area contributed by atoms with Gasteiger partial charge in [0.15, 0.2) is 0 Å². The second-order valence-corrected chi connectivity index (χ2v) is 6.31. The molecule has 0 amide bonds. The van der Waals surface area contributed by atoms with Crippen molar-refractivity contribution < 1.29 is 4.74 Å². The summed E-state index contributed by atoms with van der Waals surface area (Å²) in [6.07, 6.45) is 0. The second-order valence-electron chi connectivity index (χ2n) is 5.78. The third-order valence-electron chi connectivity index (χ3n) is 4.02. The zero-order chi connectivity index (χ0) is 14.7. The molecule has 1 fully saturated rings. The lowest BCUT2D eigenvalue weighted by molar-refractivity contribution is 0.0137. The van der Waals surface area contributed by atoms with Gasteiger partial charge in [0.05, 0.1) is 24.9 Å². The van der Waals surface area contributed by atoms with E-state index in [0.29, 0.717) is 6.04 Å². The number of likely N-dealkylation sites (N-methyl/N-ethyl adjacent to an activating group) is 1. The molecule has 0 N–H and O–H groups in total. The smallest absolute Gasteiger partial charge is 0.105 e. The van der Waals surface area contributed by atoms with Crippen molar-refractivity contribution in [1.82, 2.24) is 18.5 Å². The molecule has 1 aromatic heterocycles. The van der Waals surface area contributed by atoms with Crippen molar-refractivity contribution in [2.75, 3.05) is 39.9 Å². The molecule has 1 aliphatic rings. The fourth-order valence-electron chi connectivity index (χ4n) is 2.89. The summed E-state index contributed by atoms with van der Waals surface area (Å²) in [5, 5.41) is 0. The van der Waals surface area contributed by atoms with Crippen molar-refractivity contribution >= 4 is 22.8 Å². The van der Waals surface area contributed by atoms with E-state index in [1.54, 1.807) is 0 Å². The molecule has 0 aliphatic carbocycles. The van der Waals surface area contributed by atoms with E-state index in [4.69, 9.17) is 4.74 Å². The molecule has 21 heavy (non-hydrogen) atoms. The summed E-state index contributed by atoms with van der Waals surface area (Å²) in [5.41, 5.74) is 3.30. The molecular formula is C15H22N4OS. The van der Waals surface area contributed by atoms with Crippen LogP contribution in [0.1, 0.15) is 12.5 Å². The van der Waals surface area contributed by atoms with E-state index in [9.17, 15) is 0 Å². The number of hydrogen-bond donors (Lipinski definition) is 0. The second kappa shape index (κ2) is 6.79. The highest BCUT2D eigenvalue weighted by Crippen LogP contribution is 2.15. The molecule has 2 aromatic rings. The van der Waals surface area contributed by atoms with E-state index in [0.717, 1.165) is 50.4 Å². The average Bonchev–Trinajstić information content (AvgIpc) is 2.95. The maximum atomic E-state index is 5.42. The number of rotatable bonds is 5. The summed E-state index contributed by atoms with van der Waals surface area (Å²) < 4.78 is 14.0. The van der Waals surface area contributed by atoms with Gasteiger partial charge in [-0.3, -0.25) is 4.90 Å². The Labute approximate surface area is 129 Å². The van der Waals surface area contributed by atoms with E-state index in [-0.39, 0.29) is 0 Å². The summed E-state index contributed by atoms with van der Waals surface area (Å²) in [6.45, 7) is 8.13. The lowest BCUT2D eigenvalue weighted by Gasteiger charge is -2.34. The minimum Gasteiger partial charge on any atom is -0.379 e. The Hall–Kier alpha value is -1.08. The normalized spacial score (nSPS) is 18.4. The third-order valence-corrected chi connectivity index (χ3v) is 4.57. The minimum atomic E-state index is 0.559. The van der Waals surface area contributed by atoms with Crippen LogP contribution in [0.3, 0.4) is 0 Å². The van der Waals surface area contributed by atoms with Crippen LogP contribution >= 0.6 is 11.7 Å². The first kappa shape index (κ1) is 14.8. The molecular weight excluding hydrogens is 284 g/mol. The first-order valence-corrected chi connectivity index (χ1v) is 8.17. The lowest BCUT2D eigenvalue weighted by atomic mass is 10.1. The molecule has 6 heteroatoms. The van der Waals surface area contributed by atoms with Crippen LogP contribution in [0.4, 0.5) is 0 Å². The molecule has 1 aliphatic heterocycles. The molecule has 2 heterocycles. The number of nitrogens with zero attached hydrogens (tertiary/aromatic N) is 4. The van der Waals surface area contributed by atoms with E-state index in [2.05, 4.69) is 50.7 Å². The number of aromatic nitrogens is 2. The topological polar surface area (TPSA) is 41.5 Å². The highest BCUT2D eigenvalue weighted by molar-refractivity contribution is 7.00. The van der Waals surface area contributed by atoms with Gasteiger partial charge in [0.25, 0.3) is 0 Å². The largest absolute Gasteiger partial charge is 0.379 e. The Morgan fingerprint density at radius 2 is 2.05 bits per heavy atom. The zero-order valence-electron chi connectivity index (χ0n) is 12.7. The van der Waals surface area contributed by atoms with Crippen LogP contribution in [0.15, 0.2) is 18.2 Å². The van der Waals surface area contributed by atoms with Crippen LogP contribution in [0.5, 0.6) is 0 Å². The standard InChI is InChI=1S/C15H22N4OS/c1-12(19-5-7-20-8-6-19)10-18(2)11-13-3-4-14-15(9-13)17-21-16-14/h3-4,9,12H,5-8,10-11H2,1-2H3. The summed E-state index contributed by atoms with van der Waals surface area (Å²) in [7, 11) is 2.18. The van der Waals surface area contributed by atoms with Crippen LogP contribution in [0.2, 0.25) is 0 Å². The monoisotopic (exact) mass is 306 g/mol. The Morgan fingerprint density at radius 1 is 1.29 bits per heavy atom. The van der Waals surface area contributed by atoms with Crippen LogP contribution in [0, 0.1) is 0 Å². The van der Waals surface area contributed by atoms with Crippen LogP contribution in [-0.2, 0) is 11.3 Å². The van der Waals surface area contributed by atoms with Crippen LogP contribution < -0.4 is 0 Å². The van der Waals surface area contributed by atoms with Gasteiger partial charge >= 0.3 is 0 Å². The van der Waals surface area contributed by atoms with Gasteiger partial charge in [0.1, 0.15) is 11.0 Å². The van der Waals surface area contributed by atoms with Crippen molar-refractivity contribution in [2.24, 2.45) is 0 Å². The minimum absolute atomic E-state index is 0.559. The van der Waals surface area contributed by atoms with Gasteiger partial charge in [-0.05, 0) is 31.7 Å². The van der Waals surface area contributed by atoms with Gasteiger partial charge in [-0.15, -0.1) is 0 Å². The third kappa shape index (κ3) is 3.77. The Morgan fingerprint density at radius 3 is 2.86 bits per heavy atom. The fourth-order valence-corrected chi connectivity index (χ4v) is 3.40. The van der Waals surface area contributed by atoms with Gasteiger partial charge in [-0.2, -0.15) is 8.75 Å². The Bertz CT molecular complexity index is 582. The first-order chi connectivity index (χ1) is 10.2. The molecule has 1 atom stereocenters. The maximum Gasteiger partial charge on any atom is 0.105 e. The molecule has 1 aromatic carbocycles. The molecule has 0 radical (unpaired) electrons. The van der Waals surface area contributed by atoms with E-state index in [1.807, 2.05) is 0 Å². The number of morpholine rings is 1. The highest BCUT2D eigenvalue weighted by Gasteiger charge is 2.18. The summed E-state index contributed by atoms with van der Waals surface area (Å²) in [4.78, 5) is 4.88. The lowest BCUT2D eigenvalue weighted by Crippen LogP contribution is -2.46. The maximum absolute atomic E-state index is 5.42. The van der Waals surface area contributed by atoms with E-state index < -0.39 is 0 Å². The zero-order valence-corrected chi connectivity index (χ0v) is 13.5. The average molecular weight is 306 g/mol. The first-order valence-electron chi connectivity index (χ1n) is 7.44.